The van der Waals surface area contributed by atoms with Crippen LogP contribution in [0.2, 0.25) is 0 Å². The highest BCUT2D eigenvalue weighted by atomic mass is 16.5. The predicted molar refractivity (Wildman–Crippen MR) is 69.1 cm³/mol. The molecule has 2 aromatic rings. The molecule has 0 saturated heterocycles. The third-order valence-corrected chi connectivity index (χ3v) is 3.32. The number of methoxy groups -OCH3 is 1. The van der Waals surface area contributed by atoms with Crippen LogP contribution in [0.15, 0.2) is 24.3 Å². The Hall–Kier alpha value is -2.41. The molecule has 1 atom stereocenters. The van der Waals surface area contributed by atoms with Crippen molar-refractivity contribution in [1.82, 2.24) is 15.0 Å². The number of nitrogens with zero attached hydrogens (tertiary/aromatic N) is 3. The van der Waals surface area contributed by atoms with Gasteiger partial charge in [-0.05, 0) is 17.7 Å². The zero-order valence-corrected chi connectivity index (χ0v) is 10.9. The molecule has 0 saturated carbocycles. The summed E-state index contributed by atoms with van der Waals surface area (Å²) in [7, 11) is 1.62. The van der Waals surface area contributed by atoms with E-state index in [1.165, 1.54) is 0 Å². The van der Waals surface area contributed by atoms with Gasteiger partial charge in [-0.3, -0.25) is 4.79 Å². The number of carbonyl (C=O) groups is 1. The highest BCUT2D eigenvalue weighted by Gasteiger charge is 2.26. The highest BCUT2D eigenvalue weighted by molar-refractivity contribution is 5.91. The van der Waals surface area contributed by atoms with Crippen molar-refractivity contribution in [3.63, 3.8) is 0 Å². The van der Waals surface area contributed by atoms with Crippen LogP contribution in [0.5, 0.6) is 5.75 Å². The summed E-state index contributed by atoms with van der Waals surface area (Å²) in [6.45, 7) is 0.768. The van der Waals surface area contributed by atoms with Crippen LogP contribution >= 0.6 is 0 Å². The summed E-state index contributed by atoms with van der Waals surface area (Å²) in [5, 5.41) is 7.74. The molecule has 1 aliphatic heterocycles. The lowest BCUT2D eigenvalue weighted by atomic mass is 10.1. The first-order valence-corrected chi connectivity index (χ1v) is 6.16. The Bertz CT molecular complexity index is 636. The van der Waals surface area contributed by atoms with Gasteiger partial charge in [-0.15, -0.1) is 5.10 Å². The molecule has 0 aliphatic carbocycles. The van der Waals surface area contributed by atoms with Crippen LogP contribution in [0, 0.1) is 0 Å². The summed E-state index contributed by atoms with van der Waals surface area (Å²) < 4.78 is 12.6. The van der Waals surface area contributed by atoms with E-state index >= 15 is 0 Å². The maximum atomic E-state index is 11.2. The predicted octanol–water partition coefficient (Wildman–Crippen LogP) is 0.657. The van der Waals surface area contributed by atoms with Crippen molar-refractivity contribution in [2.24, 2.45) is 5.73 Å². The number of amides is 1. The van der Waals surface area contributed by atoms with Crippen molar-refractivity contribution in [2.45, 2.75) is 19.3 Å². The Kier molecular flexibility index (Phi) is 3.11. The van der Waals surface area contributed by atoms with E-state index in [9.17, 15) is 4.79 Å². The van der Waals surface area contributed by atoms with E-state index in [1.54, 1.807) is 11.8 Å². The van der Waals surface area contributed by atoms with Gasteiger partial charge in [0.25, 0.3) is 5.91 Å². The second-order valence-corrected chi connectivity index (χ2v) is 4.50. The number of primary amides is 1. The molecule has 0 radical (unpaired) electrons. The third-order valence-electron chi connectivity index (χ3n) is 3.32. The van der Waals surface area contributed by atoms with Crippen molar-refractivity contribution < 1.29 is 14.3 Å². The molecular formula is C13H14N4O3. The second-order valence-electron chi connectivity index (χ2n) is 4.50. The first-order valence-electron chi connectivity index (χ1n) is 6.16. The number of carbonyl (C=O) groups excluding carboxylic acids is 1. The van der Waals surface area contributed by atoms with E-state index in [1.807, 2.05) is 24.3 Å². The minimum atomic E-state index is -0.585. The molecule has 0 fully saturated rings. The largest absolute Gasteiger partial charge is 0.497 e. The van der Waals surface area contributed by atoms with Crippen molar-refractivity contribution >= 4 is 5.91 Å². The van der Waals surface area contributed by atoms with E-state index in [4.69, 9.17) is 15.2 Å². The van der Waals surface area contributed by atoms with Crippen LogP contribution in [0.25, 0.3) is 0 Å². The zero-order valence-electron chi connectivity index (χ0n) is 10.9. The third kappa shape index (κ3) is 2.12. The van der Waals surface area contributed by atoms with E-state index in [0.717, 1.165) is 11.3 Å². The number of nitrogens with two attached hydrogens (primary N) is 1. The first-order chi connectivity index (χ1) is 9.69. The molecule has 0 spiro atoms. The molecule has 20 heavy (non-hydrogen) atoms. The molecule has 7 nitrogen and oxygen atoms in total. The van der Waals surface area contributed by atoms with E-state index < -0.39 is 5.91 Å². The van der Waals surface area contributed by atoms with E-state index in [2.05, 4.69) is 10.3 Å². The quantitative estimate of drug-likeness (QED) is 0.887. The second kappa shape index (κ2) is 4.93. The molecule has 1 aromatic carbocycles. The average molecular weight is 274 g/mol. The molecular weight excluding hydrogens is 260 g/mol. The minimum absolute atomic E-state index is 0.129. The van der Waals surface area contributed by atoms with Crippen molar-refractivity contribution in [3.8, 4) is 5.75 Å². The molecule has 1 amide bonds. The fourth-order valence-electron chi connectivity index (χ4n) is 2.22. The van der Waals surface area contributed by atoms with E-state index in [0.29, 0.717) is 12.2 Å². The van der Waals surface area contributed by atoms with Gasteiger partial charge in [0.05, 0.1) is 26.0 Å². The Labute approximate surface area is 115 Å². The fourth-order valence-corrected chi connectivity index (χ4v) is 2.22. The summed E-state index contributed by atoms with van der Waals surface area (Å²) in [6.07, 6.45) is -0.129. The molecule has 2 N–H and O–H groups in total. The minimum Gasteiger partial charge on any atom is -0.497 e. The fraction of sp³-hybridized carbons (Fsp3) is 0.308. The Morgan fingerprint density at radius 1 is 1.45 bits per heavy atom. The van der Waals surface area contributed by atoms with Gasteiger partial charge < -0.3 is 15.2 Å². The van der Waals surface area contributed by atoms with Crippen LogP contribution in [0.1, 0.15) is 27.8 Å². The Morgan fingerprint density at radius 2 is 2.20 bits per heavy atom. The first kappa shape index (κ1) is 12.6. The Balaban J connectivity index is 1.83. The van der Waals surface area contributed by atoms with Gasteiger partial charge in [0, 0.05) is 0 Å². The lowest BCUT2D eigenvalue weighted by molar-refractivity contribution is -0.00175. The normalized spacial score (nSPS) is 17.6. The summed E-state index contributed by atoms with van der Waals surface area (Å²) in [5.41, 5.74) is 7.06. The summed E-state index contributed by atoms with van der Waals surface area (Å²) in [5.74, 6) is 0.208. The van der Waals surface area contributed by atoms with Crippen LogP contribution in [0.3, 0.4) is 0 Å². The van der Waals surface area contributed by atoms with Gasteiger partial charge in [0.1, 0.15) is 11.9 Å². The maximum Gasteiger partial charge on any atom is 0.271 e. The molecule has 1 aromatic heterocycles. The Morgan fingerprint density at radius 3 is 2.85 bits per heavy atom. The molecule has 104 valence electrons. The lowest BCUT2D eigenvalue weighted by Crippen LogP contribution is -2.24. The number of hydrogen-bond donors (Lipinski definition) is 1. The van der Waals surface area contributed by atoms with Crippen molar-refractivity contribution in [1.29, 1.82) is 0 Å². The summed E-state index contributed by atoms with van der Waals surface area (Å²) in [4.78, 5) is 11.2. The molecule has 3 rings (SSSR count). The summed E-state index contributed by atoms with van der Waals surface area (Å²) in [6, 6.07) is 7.65. The van der Waals surface area contributed by atoms with Crippen LogP contribution < -0.4 is 10.5 Å². The molecule has 7 heteroatoms. The lowest BCUT2D eigenvalue weighted by Gasteiger charge is -2.24. The number of aromatic nitrogens is 3. The van der Waals surface area contributed by atoms with Gasteiger partial charge in [-0.1, -0.05) is 17.3 Å². The van der Waals surface area contributed by atoms with Gasteiger partial charge in [0.2, 0.25) is 0 Å². The van der Waals surface area contributed by atoms with E-state index in [-0.39, 0.29) is 18.4 Å². The van der Waals surface area contributed by atoms with Crippen LogP contribution in [0.4, 0.5) is 0 Å². The van der Waals surface area contributed by atoms with Crippen molar-refractivity contribution in [3.05, 3.63) is 41.2 Å². The van der Waals surface area contributed by atoms with Gasteiger partial charge >= 0.3 is 0 Å². The number of hydrogen-bond acceptors (Lipinski definition) is 5. The van der Waals surface area contributed by atoms with Crippen LogP contribution in [-0.2, 0) is 17.9 Å². The number of fused-ring (bicyclic) bond motifs is 1. The number of ether oxygens (including phenoxy) is 2. The van der Waals surface area contributed by atoms with Gasteiger partial charge in [0.15, 0.2) is 5.69 Å². The zero-order chi connectivity index (χ0) is 14.1. The molecule has 2 heterocycles. The SMILES string of the molecule is COc1ccc(C2Cn3nnc(C(N)=O)c3CO2)cc1. The molecule has 1 unspecified atom stereocenters. The highest BCUT2D eigenvalue weighted by Crippen LogP contribution is 2.27. The monoisotopic (exact) mass is 274 g/mol. The smallest absolute Gasteiger partial charge is 0.271 e. The van der Waals surface area contributed by atoms with Gasteiger partial charge in [-0.2, -0.15) is 0 Å². The number of benzene rings is 1. The van der Waals surface area contributed by atoms with Crippen molar-refractivity contribution in [2.75, 3.05) is 7.11 Å². The van der Waals surface area contributed by atoms with Crippen LogP contribution in [-0.4, -0.2) is 28.0 Å². The topological polar surface area (TPSA) is 92.3 Å². The average Bonchev–Trinajstić information content (AvgIpc) is 2.90. The van der Waals surface area contributed by atoms with Gasteiger partial charge in [-0.25, -0.2) is 4.68 Å². The maximum absolute atomic E-state index is 11.2. The summed E-state index contributed by atoms with van der Waals surface area (Å²) >= 11 is 0. The molecule has 0 bridgehead atoms. The molecule has 1 aliphatic rings. The number of rotatable bonds is 3. The standard InChI is InChI=1S/C13H14N4O3/c1-19-9-4-2-8(3-5-9)11-6-17-10(7-20-11)12(13(14)18)15-16-17/h2-5,11H,6-7H2,1H3,(H2,14,18).